The van der Waals surface area contributed by atoms with Crippen LogP contribution < -0.4 is 15.2 Å². The highest BCUT2D eigenvalue weighted by Crippen LogP contribution is 2.26. The number of rotatable bonds is 6. The van der Waals surface area contributed by atoms with E-state index in [-0.39, 0.29) is 12.3 Å². The van der Waals surface area contributed by atoms with Gasteiger partial charge >= 0.3 is 5.69 Å². The zero-order valence-electron chi connectivity index (χ0n) is 13.4. The molecule has 0 unspecified atom stereocenters. The SMILES string of the molecule is CCOc1cccc(-n2nnn(C)c2=O)c1COc1ccccn1. The first-order chi connectivity index (χ1) is 11.7. The minimum absolute atomic E-state index is 0.186. The molecule has 124 valence electrons. The van der Waals surface area contributed by atoms with Gasteiger partial charge in [-0.2, -0.15) is 9.36 Å². The van der Waals surface area contributed by atoms with Crippen molar-refractivity contribution in [1.82, 2.24) is 24.8 Å². The van der Waals surface area contributed by atoms with E-state index in [1.54, 1.807) is 31.4 Å². The van der Waals surface area contributed by atoms with Crippen LogP contribution in [0.2, 0.25) is 0 Å². The number of pyridine rings is 1. The fourth-order valence-electron chi connectivity index (χ4n) is 2.23. The predicted molar refractivity (Wildman–Crippen MR) is 86.3 cm³/mol. The van der Waals surface area contributed by atoms with Gasteiger partial charge in [0.15, 0.2) is 0 Å². The highest BCUT2D eigenvalue weighted by molar-refractivity contribution is 5.49. The molecule has 8 heteroatoms. The van der Waals surface area contributed by atoms with Gasteiger partial charge in [0.2, 0.25) is 5.88 Å². The molecule has 0 spiro atoms. The molecule has 0 saturated heterocycles. The topological polar surface area (TPSA) is 84.1 Å². The third-order valence-corrected chi connectivity index (χ3v) is 3.36. The van der Waals surface area contributed by atoms with Crippen LogP contribution in [-0.2, 0) is 13.7 Å². The molecule has 3 rings (SSSR count). The quantitative estimate of drug-likeness (QED) is 0.679. The molecule has 0 aliphatic rings. The van der Waals surface area contributed by atoms with E-state index in [0.29, 0.717) is 29.5 Å². The van der Waals surface area contributed by atoms with Crippen LogP contribution in [0.3, 0.4) is 0 Å². The van der Waals surface area contributed by atoms with Crippen LogP contribution in [0.5, 0.6) is 11.6 Å². The predicted octanol–water partition coefficient (Wildman–Crippen LogP) is 1.34. The molecule has 0 amide bonds. The van der Waals surface area contributed by atoms with Gasteiger partial charge in [0.05, 0.1) is 17.9 Å². The molecule has 0 atom stereocenters. The van der Waals surface area contributed by atoms with Crippen molar-refractivity contribution in [2.75, 3.05) is 6.61 Å². The summed E-state index contributed by atoms with van der Waals surface area (Å²) in [6.45, 7) is 2.57. The van der Waals surface area contributed by atoms with Gasteiger partial charge in [-0.1, -0.05) is 12.1 Å². The Labute approximate surface area is 138 Å². The molecular weight excluding hydrogens is 310 g/mol. The molecule has 0 saturated carbocycles. The number of hydrogen-bond acceptors (Lipinski definition) is 6. The maximum Gasteiger partial charge on any atom is 0.368 e. The number of tetrazole rings is 1. The second kappa shape index (κ2) is 6.95. The van der Waals surface area contributed by atoms with Crippen molar-refractivity contribution in [3.05, 3.63) is 58.6 Å². The van der Waals surface area contributed by atoms with E-state index in [1.807, 2.05) is 25.1 Å². The monoisotopic (exact) mass is 327 g/mol. The summed E-state index contributed by atoms with van der Waals surface area (Å²) in [5, 5.41) is 7.64. The van der Waals surface area contributed by atoms with Gasteiger partial charge in [0, 0.05) is 19.3 Å². The summed E-state index contributed by atoms with van der Waals surface area (Å²) in [6, 6.07) is 10.8. The molecule has 1 aromatic carbocycles. The second-order valence-electron chi connectivity index (χ2n) is 4.94. The number of nitrogens with zero attached hydrogens (tertiary/aromatic N) is 5. The van der Waals surface area contributed by atoms with Gasteiger partial charge in [0.25, 0.3) is 0 Å². The lowest BCUT2D eigenvalue weighted by Gasteiger charge is -2.14. The van der Waals surface area contributed by atoms with E-state index >= 15 is 0 Å². The van der Waals surface area contributed by atoms with Crippen LogP contribution in [0.1, 0.15) is 12.5 Å². The van der Waals surface area contributed by atoms with Crippen LogP contribution in [0.25, 0.3) is 5.69 Å². The Bertz CT molecular complexity index is 873. The Balaban J connectivity index is 2.01. The molecule has 3 aromatic rings. The first-order valence-electron chi connectivity index (χ1n) is 7.48. The Morgan fingerprint density at radius 1 is 1.08 bits per heavy atom. The van der Waals surface area contributed by atoms with Gasteiger partial charge in [-0.05, 0) is 35.5 Å². The summed E-state index contributed by atoms with van der Waals surface area (Å²) in [5.74, 6) is 1.12. The van der Waals surface area contributed by atoms with Gasteiger partial charge in [0.1, 0.15) is 12.4 Å². The van der Waals surface area contributed by atoms with E-state index in [4.69, 9.17) is 9.47 Å². The Kier molecular flexibility index (Phi) is 4.55. The number of aryl methyl sites for hydroxylation is 1. The van der Waals surface area contributed by atoms with Crippen molar-refractivity contribution in [3.8, 4) is 17.3 Å². The van der Waals surface area contributed by atoms with E-state index in [0.717, 1.165) is 4.68 Å². The minimum atomic E-state index is -0.345. The number of ether oxygens (including phenoxy) is 2. The van der Waals surface area contributed by atoms with Crippen LogP contribution in [0.4, 0.5) is 0 Å². The molecule has 0 bridgehead atoms. The van der Waals surface area contributed by atoms with Gasteiger partial charge in [-0.15, -0.1) is 0 Å². The largest absolute Gasteiger partial charge is 0.493 e. The molecule has 0 aliphatic heterocycles. The molecule has 2 heterocycles. The average molecular weight is 327 g/mol. The van der Waals surface area contributed by atoms with E-state index in [1.165, 1.54) is 4.68 Å². The third kappa shape index (κ3) is 3.12. The third-order valence-electron chi connectivity index (χ3n) is 3.36. The zero-order chi connectivity index (χ0) is 16.9. The lowest BCUT2D eigenvalue weighted by molar-refractivity contribution is 0.277. The van der Waals surface area contributed by atoms with Crippen LogP contribution >= 0.6 is 0 Å². The summed E-state index contributed by atoms with van der Waals surface area (Å²) in [5.41, 5.74) is 0.922. The lowest BCUT2D eigenvalue weighted by Crippen LogP contribution is -2.23. The highest BCUT2D eigenvalue weighted by Gasteiger charge is 2.16. The Hall–Kier alpha value is -3.16. The number of hydrogen-bond donors (Lipinski definition) is 0. The summed E-state index contributed by atoms with van der Waals surface area (Å²) in [6.07, 6.45) is 1.65. The van der Waals surface area contributed by atoms with Gasteiger partial charge in [-0.25, -0.2) is 9.78 Å². The standard InChI is InChI=1S/C16H17N5O3/c1-3-23-14-8-6-7-13(21-16(22)20(2)18-19-21)12(14)11-24-15-9-4-5-10-17-15/h4-10H,3,11H2,1-2H3. The minimum Gasteiger partial charge on any atom is -0.493 e. The normalized spacial score (nSPS) is 10.6. The van der Waals surface area contributed by atoms with Crippen molar-refractivity contribution >= 4 is 0 Å². The Morgan fingerprint density at radius 2 is 1.96 bits per heavy atom. The molecule has 0 radical (unpaired) electrons. The number of benzene rings is 1. The van der Waals surface area contributed by atoms with E-state index in [9.17, 15) is 4.79 Å². The van der Waals surface area contributed by atoms with Crippen LogP contribution in [0.15, 0.2) is 47.4 Å². The first-order valence-corrected chi connectivity index (χ1v) is 7.48. The number of aromatic nitrogens is 5. The first kappa shape index (κ1) is 15.7. The molecule has 0 N–H and O–H groups in total. The average Bonchev–Trinajstić information content (AvgIpc) is 2.94. The highest BCUT2D eigenvalue weighted by atomic mass is 16.5. The molecule has 8 nitrogen and oxygen atoms in total. The van der Waals surface area contributed by atoms with Crippen molar-refractivity contribution in [2.24, 2.45) is 7.05 Å². The van der Waals surface area contributed by atoms with Crippen molar-refractivity contribution in [3.63, 3.8) is 0 Å². The van der Waals surface area contributed by atoms with E-state index < -0.39 is 0 Å². The maximum atomic E-state index is 12.2. The molecule has 0 fully saturated rings. The maximum absolute atomic E-state index is 12.2. The van der Waals surface area contributed by atoms with Crippen LogP contribution in [-0.4, -0.2) is 31.4 Å². The molecule has 2 aromatic heterocycles. The summed E-state index contributed by atoms with van der Waals surface area (Å²) in [7, 11) is 1.54. The van der Waals surface area contributed by atoms with Crippen molar-refractivity contribution < 1.29 is 9.47 Å². The van der Waals surface area contributed by atoms with Gasteiger partial charge < -0.3 is 9.47 Å². The summed E-state index contributed by atoms with van der Waals surface area (Å²) >= 11 is 0. The smallest absolute Gasteiger partial charge is 0.368 e. The lowest BCUT2D eigenvalue weighted by atomic mass is 10.1. The van der Waals surface area contributed by atoms with E-state index in [2.05, 4.69) is 15.4 Å². The fourth-order valence-corrected chi connectivity index (χ4v) is 2.23. The molecule has 0 aliphatic carbocycles. The van der Waals surface area contributed by atoms with Crippen molar-refractivity contribution in [1.29, 1.82) is 0 Å². The van der Waals surface area contributed by atoms with Crippen LogP contribution in [0, 0.1) is 0 Å². The second-order valence-corrected chi connectivity index (χ2v) is 4.94. The fraction of sp³-hybridized carbons (Fsp3) is 0.250. The molecular formula is C16H17N5O3. The Morgan fingerprint density at radius 3 is 2.62 bits per heavy atom. The van der Waals surface area contributed by atoms with Gasteiger partial charge in [-0.3, -0.25) is 0 Å². The zero-order valence-corrected chi connectivity index (χ0v) is 13.4. The summed E-state index contributed by atoms with van der Waals surface area (Å²) < 4.78 is 13.8. The van der Waals surface area contributed by atoms with Crippen molar-refractivity contribution in [2.45, 2.75) is 13.5 Å². The molecule has 24 heavy (non-hydrogen) atoms. The summed E-state index contributed by atoms with van der Waals surface area (Å²) in [4.78, 5) is 16.3.